The molecule has 1 saturated carbocycles. The average molecular weight is 307 g/mol. The number of carbonyl (C=O) groups excluding carboxylic acids is 2. The van der Waals surface area contributed by atoms with E-state index in [2.05, 4.69) is 0 Å². The second-order valence-corrected chi connectivity index (χ2v) is 6.08. The van der Waals surface area contributed by atoms with Crippen LogP contribution in [0.25, 0.3) is 0 Å². The summed E-state index contributed by atoms with van der Waals surface area (Å²) in [7, 11) is 0. The fraction of sp³-hybridized carbons (Fsp3) is 0.438. The normalized spacial score (nSPS) is 31.7. The molecule has 0 aromatic heterocycles. The first-order valence-electron chi connectivity index (χ1n) is 7.27. The maximum absolute atomic E-state index is 13.8. The Kier molecular flexibility index (Phi) is 3.62. The number of rotatable bonds is 2. The number of halogens is 2. The molecule has 117 valence electrons. The van der Waals surface area contributed by atoms with Gasteiger partial charge in [0.15, 0.2) is 0 Å². The van der Waals surface area contributed by atoms with E-state index in [1.807, 2.05) is 0 Å². The molecule has 6 heteroatoms. The van der Waals surface area contributed by atoms with Crippen molar-refractivity contribution in [2.45, 2.75) is 37.9 Å². The highest BCUT2D eigenvalue weighted by Crippen LogP contribution is 2.48. The van der Waals surface area contributed by atoms with E-state index >= 15 is 0 Å². The van der Waals surface area contributed by atoms with Crippen LogP contribution in [0.4, 0.5) is 14.5 Å². The van der Waals surface area contributed by atoms with Gasteiger partial charge in [-0.25, -0.2) is 8.78 Å². The molecule has 3 unspecified atom stereocenters. The van der Waals surface area contributed by atoms with E-state index in [1.54, 1.807) is 6.42 Å². The maximum atomic E-state index is 13.8. The highest BCUT2D eigenvalue weighted by Gasteiger charge is 2.55. The summed E-state index contributed by atoms with van der Waals surface area (Å²) in [5, 5.41) is 0. The quantitative estimate of drug-likeness (QED) is 0.909. The SMILES string of the molecule is NC(=O)C1CC2(C[CH]CC(F)C2)C(=O)N1c1ccc(F)cc1. The van der Waals surface area contributed by atoms with E-state index in [0.717, 1.165) is 0 Å². The second-order valence-electron chi connectivity index (χ2n) is 6.08. The number of carbonyl (C=O) groups is 2. The number of primary amides is 1. The van der Waals surface area contributed by atoms with E-state index in [-0.39, 0.29) is 18.7 Å². The van der Waals surface area contributed by atoms with Crippen molar-refractivity contribution in [2.24, 2.45) is 11.1 Å². The molecule has 1 saturated heterocycles. The number of anilines is 1. The predicted octanol–water partition coefficient (Wildman–Crippen LogP) is 2.13. The molecule has 1 radical (unpaired) electrons. The fourth-order valence-electron chi connectivity index (χ4n) is 3.54. The van der Waals surface area contributed by atoms with Gasteiger partial charge in [0.05, 0.1) is 5.41 Å². The predicted molar refractivity (Wildman–Crippen MR) is 77.0 cm³/mol. The average Bonchev–Trinajstić information content (AvgIpc) is 2.74. The van der Waals surface area contributed by atoms with E-state index in [4.69, 9.17) is 5.73 Å². The van der Waals surface area contributed by atoms with Crippen molar-refractivity contribution in [3.63, 3.8) is 0 Å². The molecule has 4 nitrogen and oxygen atoms in total. The minimum Gasteiger partial charge on any atom is -0.368 e. The molecular weight excluding hydrogens is 290 g/mol. The lowest BCUT2D eigenvalue weighted by Gasteiger charge is -2.33. The Morgan fingerprint density at radius 1 is 1.27 bits per heavy atom. The number of benzene rings is 1. The van der Waals surface area contributed by atoms with Crippen molar-refractivity contribution in [1.82, 2.24) is 0 Å². The molecule has 1 aliphatic heterocycles. The Hall–Kier alpha value is -1.98. The van der Waals surface area contributed by atoms with Crippen molar-refractivity contribution in [1.29, 1.82) is 0 Å². The summed E-state index contributed by atoms with van der Waals surface area (Å²) in [6.07, 6.45) is 1.75. The van der Waals surface area contributed by atoms with Crippen molar-refractivity contribution in [3.8, 4) is 0 Å². The highest BCUT2D eigenvalue weighted by molar-refractivity contribution is 6.06. The Morgan fingerprint density at radius 2 is 1.95 bits per heavy atom. The Labute approximate surface area is 127 Å². The Morgan fingerprint density at radius 3 is 2.55 bits per heavy atom. The zero-order chi connectivity index (χ0) is 15.9. The summed E-state index contributed by atoms with van der Waals surface area (Å²) in [6.45, 7) is 0. The van der Waals surface area contributed by atoms with Crippen LogP contribution in [-0.2, 0) is 9.59 Å². The summed E-state index contributed by atoms with van der Waals surface area (Å²) in [6, 6.07) is 4.48. The van der Waals surface area contributed by atoms with Crippen LogP contribution in [0.1, 0.15) is 25.7 Å². The summed E-state index contributed by atoms with van der Waals surface area (Å²) >= 11 is 0. The molecule has 22 heavy (non-hydrogen) atoms. The van der Waals surface area contributed by atoms with Crippen molar-refractivity contribution >= 4 is 17.5 Å². The van der Waals surface area contributed by atoms with Gasteiger partial charge >= 0.3 is 0 Å². The number of amides is 2. The first-order chi connectivity index (χ1) is 10.4. The van der Waals surface area contributed by atoms with Gasteiger partial charge < -0.3 is 5.73 Å². The monoisotopic (exact) mass is 307 g/mol. The zero-order valence-corrected chi connectivity index (χ0v) is 12.0. The maximum Gasteiger partial charge on any atom is 0.240 e. The van der Waals surface area contributed by atoms with Crippen molar-refractivity contribution < 1.29 is 18.4 Å². The first kappa shape index (κ1) is 14.9. The number of hydrogen-bond acceptors (Lipinski definition) is 2. The molecule has 1 spiro atoms. The summed E-state index contributed by atoms with van der Waals surface area (Å²) in [4.78, 5) is 25.9. The van der Waals surface area contributed by atoms with Gasteiger partial charge in [-0.2, -0.15) is 0 Å². The standard InChI is InChI=1S/C16H17F2N2O2/c17-10-3-5-12(6-4-10)20-13(14(19)21)9-16(15(20)22)7-1-2-11(18)8-16/h1,3-6,11,13H,2,7-9H2,(H2,19,21). The molecule has 2 amide bonds. The van der Waals surface area contributed by atoms with Gasteiger partial charge in [-0.1, -0.05) is 0 Å². The van der Waals surface area contributed by atoms with E-state index in [0.29, 0.717) is 18.5 Å². The zero-order valence-electron chi connectivity index (χ0n) is 12.0. The van der Waals surface area contributed by atoms with Crippen LogP contribution in [0.3, 0.4) is 0 Å². The third-order valence-corrected chi connectivity index (χ3v) is 4.57. The smallest absolute Gasteiger partial charge is 0.240 e. The topological polar surface area (TPSA) is 63.4 Å². The number of alkyl halides is 1. The molecule has 1 aromatic rings. The van der Waals surface area contributed by atoms with Crippen LogP contribution in [0.2, 0.25) is 0 Å². The van der Waals surface area contributed by atoms with Gasteiger partial charge in [0.25, 0.3) is 0 Å². The fourth-order valence-corrected chi connectivity index (χ4v) is 3.54. The lowest BCUT2D eigenvalue weighted by Crippen LogP contribution is -2.43. The summed E-state index contributed by atoms with van der Waals surface area (Å²) < 4.78 is 26.9. The van der Waals surface area contributed by atoms with Crippen LogP contribution in [-0.4, -0.2) is 24.0 Å². The summed E-state index contributed by atoms with van der Waals surface area (Å²) in [5.74, 6) is -1.37. The van der Waals surface area contributed by atoms with Crippen molar-refractivity contribution in [2.75, 3.05) is 4.90 Å². The molecule has 2 fully saturated rings. The van der Waals surface area contributed by atoms with Gasteiger partial charge in [-0.3, -0.25) is 14.5 Å². The van der Waals surface area contributed by atoms with Crippen LogP contribution in [0, 0.1) is 17.7 Å². The van der Waals surface area contributed by atoms with Gasteiger partial charge in [-0.15, -0.1) is 0 Å². The molecule has 3 rings (SSSR count). The van der Waals surface area contributed by atoms with Crippen LogP contribution in [0.15, 0.2) is 24.3 Å². The molecule has 1 aromatic carbocycles. The minimum atomic E-state index is -1.08. The van der Waals surface area contributed by atoms with Gasteiger partial charge in [0.2, 0.25) is 11.8 Å². The molecule has 1 aliphatic carbocycles. The number of hydrogen-bond donors (Lipinski definition) is 1. The van der Waals surface area contributed by atoms with Gasteiger partial charge in [0.1, 0.15) is 18.0 Å². The highest BCUT2D eigenvalue weighted by atomic mass is 19.1. The van der Waals surface area contributed by atoms with E-state index < -0.39 is 29.4 Å². The molecule has 3 atom stereocenters. The third kappa shape index (κ3) is 2.36. The Bertz CT molecular complexity index is 605. The number of nitrogens with two attached hydrogens (primary N) is 1. The Balaban J connectivity index is 1.98. The minimum absolute atomic E-state index is 0.101. The molecule has 0 bridgehead atoms. The first-order valence-corrected chi connectivity index (χ1v) is 7.27. The number of nitrogens with zero attached hydrogens (tertiary/aromatic N) is 1. The van der Waals surface area contributed by atoms with E-state index in [9.17, 15) is 18.4 Å². The molecule has 2 aliphatic rings. The van der Waals surface area contributed by atoms with Crippen LogP contribution in [0.5, 0.6) is 0 Å². The third-order valence-electron chi connectivity index (χ3n) is 4.57. The van der Waals surface area contributed by atoms with E-state index in [1.165, 1.54) is 29.2 Å². The molecular formula is C16H17F2N2O2. The van der Waals surface area contributed by atoms with Gasteiger partial charge in [0, 0.05) is 5.69 Å². The van der Waals surface area contributed by atoms with Crippen LogP contribution < -0.4 is 10.6 Å². The largest absolute Gasteiger partial charge is 0.368 e. The molecule has 1 heterocycles. The summed E-state index contributed by atoms with van der Waals surface area (Å²) in [5.41, 5.74) is 4.93. The molecule has 2 N–H and O–H groups in total. The second kappa shape index (κ2) is 5.34. The lowest BCUT2D eigenvalue weighted by molar-refractivity contribution is -0.127. The lowest BCUT2D eigenvalue weighted by atomic mass is 9.71. The van der Waals surface area contributed by atoms with Crippen LogP contribution >= 0.6 is 0 Å². The van der Waals surface area contributed by atoms with Crippen molar-refractivity contribution in [3.05, 3.63) is 36.5 Å². The van der Waals surface area contributed by atoms with Gasteiger partial charge in [-0.05, 0) is 56.4 Å².